The Kier molecular flexibility index (Phi) is 4.36. The SMILES string of the molecule is Cn1ccnc1CN1CC[C@@H](Cc2cccc(CO)c2)C1. The van der Waals surface area contributed by atoms with Gasteiger partial charge in [-0.25, -0.2) is 4.98 Å². The van der Waals surface area contributed by atoms with E-state index in [1.54, 1.807) is 0 Å². The van der Waals surface area contributed by atoms with E-state index in [1.807, 2.05) is 24.5 Å². The van der Waals surface area contributed by atoms with Crippen LogP contribution in [0.5, 0.6) is 0 Å². The number of rotatable bonds is 5. The maximum absolute atomic E-state index is 9.22. The maximum atomic E-state index is 9.22. The number of likely N-dealkylation sites (tertiary alicyclic amines) is 1. The van der Waals surface area contributed by atoms with Gasteiger partial charge >= 0.3 is 0 Å². The second kappa shape index (κ2) is 6.41. The van der Waals surface area contributed by atoms with Crippen molar-refractivity contribution in [1.82, 2.24) is 14.5 Å². The standard InChI is InChI=1S/C17H23N3O/c1-19-8-6-18-17(19)12-20-7-5-15(11-20)9-14-3-2-4-16(10-14)13-21/h2-4,6,8,10,15,21H,5,7,9,11-13H2,1H3/t15-/m0/s1. The van der Waals surface area contributed by atoms with E-state index < -0.39 is 0 Å². The fourth-order valence-corrected chi connectivity index (χ4v) is 3.16. The highest BCUT2D eigenvalue weighted by atomic mass is 16.3. The second-order valence-corrected chi connectivity index (χ2v) is 6.03. The van der Waals surface area contributed by atoms with E-state index >= 15 is 0 Å². The molecule has 0 bridgehead atoms. The van der Waals surface area contributed by atoms with E-state index in [-0.39, 0.29) is 6.61 Å². The number of hydrogen-bond acceptors (Lipinski definition) is 3. The number of aryl methyl sites for hydroxylation is 1. The molecule has 1 aromatic heterocycles. The van der Waals surface area contributed by atoms with Crippen molar-refractivity contribution >= 4 is 0 Å². The molecule has 2 aromatic rings. The van der Waals surface area contributed by atoms with E-state index in [4.69, 9.17) is 0 Å². The van der Waals surface area contributed by atoms with Crippen LogP contribution < -0.4 is 0 Å². The van der Waals surface area contributed by atoms with Crippen molar-refractivity contribution in [2.75, 3.05) is 13.1 Å². The molecule has 2 heterocycles. The fourth-order valence-electron chi connectivity index (χ4n) is 3.16. The highest BCUT2D eigenvalue weighted by Gasteiger charge is 2.23. The summed E-state index contributed by atoms with van der Waals surface area (Å²) in [5.41, 5.74) is 2.35. The Labute approximate surface area is 126 Å². The molecule has 1 aliphatic heterocycles. The van der Waals surface area contributed by atoms with E-state index in [0.29, 0.717) is 5.92 Å². The van der Waals surface area contributed by atoms with Crippen molar-refractivity contribution in [2.24, 2.45) is 13.0 Å². The van der Waals surface area contributed by atoms with Gasteiger partial charge in [-0.1, -0.05) is 24.3 Å². The summed E-state index contributed by atoms with van der Waals surface area (Å²) in [6.07, 6.45) is 6.21. The summed E-state index contributed by atoms with van der Waals surface area (Å²) >= 11 is 0. The van der Waals surface area contributed by atoms with Gasteiger partial charge in [-0.3, -0.25) is 4.90 Å². The Morgan fingerprint density at radius 1 is 1.33 bits per heavy atom. The monoisotopic (exact) mass is 285 g/mol. The lowest BCUT2D eigenvalue weighted by molar-refractivity contribution is 0.281. The lowest BCUT2D eigenvalue weighted by atomic mass is 9.97. The summed E-state index contributed by atoms with van der Waals surface area (Å²) in [7, 11) is 2.05. The Hall–Kier alpha value is -1.65. The van der Waals surface area contributed by atoms with Gasteiger partial charge in [0.1, 0.15) is 5.82 Å². The van der Waals surface area contributed by atoms with Crippen molar-refractivity contribution in [2.45, 2.75) is 26.0 Å². The Morgan fingerprint density at radius 3 is 2.95 bits per heavy atom. The Morgan fingerprint density at radius 2 is 2.19 bits per heavy atom. The van der Waals surface area contributed by atoms with Crippen molar-refractivity contribution in [3.05, 3.63) is 53.6 Å². The molecule has 0 saturated carbocycles. The normalized spacial score (nSPS) is 19.2. The van der Waals surface area contributed by atoms with Crippen LogP contribution in [0.15, 0.2) is 36.7 Å². The summed E-state index contributed by atoms with van der Waals surface area (Å²) in [5.74, 6) is 1.84. The van der Waals surface area contributed by atoms with Gasteiger partial charge in [-0.2, -0.15) is 0 Å². The molecule has 3 rings (SSSR count). The van der Waals surface area contributed by atoms with Crippen LogP contribution in [0.4, 0.5) is 0 Å². The van der Waals surface area contributed by atoms with Gasteiger partial charge < -0.3 is 9.67 Å². The van der Waals surface area contributed by atoms with Gasteiger partial charge in [0.05, 0.1) is 13.2 Å². The minimum Gasteiger partial charge on any atom is -0.392 e. The lowest BCUT2D eigenvalue weighted by Crippen LogP contribution is -2.22. The molecule has 0 radical (unpaired) electrons. The number of benzene rings is 1. The van der Waals surface area contributed by atoms with Crippen LogP contribution in [0.2, 0.25) is 0 Å². The minimum atomic E-state index is 0.129. The Bertz CT molecular complexity index is 593. The predicted molar refractivity (Wildman–Crippen MR) is 82.7 cm³/mol. The molecule has 1 aliphatic rings. The summed E-state index contributed by atoms with van der Waals surface area (Å²) < 4.78 is 2.10. The van der Waals surface area contributed by atoms with Crippen LogP contribution in [-0.2, 0) is 26.6 Å². The summed E-state index contributed by atoms with van der Waals surface area (Å²) in [4.78, 5) is 6.89. The van der Waals surface area contributed by atoms with Gasteiger partial charge in [-0.05, 0) is 36.4 Å². The van der Waals surface area contributed by atoms with E-state index in [9.17, 15) is 5.11 Å². The molecule has 1 atom stereocenters. The van der Waals surface area contributed by atoms with Crippen molar-refractivity contribution in [3.8, 4) is 0 Å². The average Bonchev–Trinajstić information content (AvgIpc) is 3.10. The van der Waals surface area contributed by atoms with Crippen molar-refractivity contribution in [1.29, 1.82) is 0 Å². The maximum Gasteiger partial charge on any atom is 0.122 e. The smallest absolute Gasteiger partial charge is 0.122 e. The summed E-state index contributed by atoms with van der Waals surface area (Å²) in [5, 5.41) is 9.22. The number of aliphatic hydroxyl groups is 1. The number of aliphatic hydroxyl groups excluding tert-OH is 1. The largest absolute Gasteiger partial charge is 0.392 e. The fraction of sp³-hybridized carbons (Fsp3) is 0.471. The zero-order valence-electron chi connectivity index (χ0n) is 12.6. The minimum absolute atomic E-state index is 0.129. The van der Waals surface area contributed by atoms with Crippen molar-refractivity contribution in [3.63, 3.8) is 0 Å². The second-order valence-electron chi connectivity index (χ2n) is 6.03. The Balaban J connectivity index is 1.56. The van der Waals surface area contributed by atoms with Gasteiger partial charge in [0.2, 0.25) is 0 Å². The molecule has 1 fully saturated rings. The molecule has 1 saturated heterocycles. The highest BCUT2D eigenvalue weighted by Crippen LogP contribution is 2.22. The summed E-state index contributed by atoms with van der Waals surface area (Å²) in [6, 6.07) is 8.31. The topological polar surface area (TPSA) is 41.3 Å². The predicted octanol–water partition coefficient (Wildman–Crippen LogP) is 1.98. The lowest BCUT2D eigenvalue weighted by Gasteiger charge is -2.16. The van der Waals surface area contributed by atoms with Gasteiger partial charge in [0.25, 0.3) is 0 Å². The van der Waals surface area contributed by atoms with Crippen LogP contribution in [0.25, 0.3) is 0 Å². The summed E-state index contributed by atoms with van der Waals surface area (Å²) in [6.45, 7) is 3.36. The first kappa shape index (κ1) is 14.3. The number of hydrogen-bond donors (Lipinski definition) is 1. The zero-order valence-corrected chi connectivity index (χ0v) is 12.6. The molecule has 0 unspecified atom stereocenters. The molecule has 112 valence electrons. The molecular formula is C17H23N3O. The molecule has 4 heteroatoms. The van der Waals surface area contributed by atoms with Crippen LogP contribution >= 0.6 is 0 Å². The molecule has 0 spiro atoms. The van der Waals surface area contributed by atoms with E-state index in [2.05, 4.69) is 33.6 Å². The first-order chi connectivity index (χ1) is 10.2. The average molecular weight is 285 g/mol. The number of aromatic nitrogens is 2. The van der Waals surface area contributed by atoms with Gasteiger partial charge in [0.15, 0.2) is 0 Å². The number of imidazole rings is 1. The highest BCUT2D eigenvalue weighted by molar-refractivity contribution is 5.23. The number of nitrogens with zero attached hydrogens (tertiary/aromatic N) is 3. The molecule has 4 nitrogen and oxygen atoms in total. The van der Waals surface area contributed by atoms with Gasteiger partial charge in [-0.15, -0.1) is 0 Å². The van der Waals surface area contributed by atoms with Crippen LogP contribution in [-0.4, -0.2) is 32.6 Å². The third-order valence-electron chi connectivity index (χ3n) is 4.35. The van der Waals surface area contributed by atoms with Crippen molar-refractivity contribution < 1.29 is 5.11 Å². The quantitative estimate of drug-likeness (QED) is 0.913. The first-order valence-electron chi connectivity index (χ1n) is 7.62. The molecule has 1 aromatic carbocycles. The molecule has 0 amide bonds. The van der Waals surface area contributed by atoms with Gasteiger partial charge in [0, 0.05) is 26.0 Å². The molecule has 21 heavy (non-hydrogen) atoms. The third-order valence-corrected chi connectivity index (χ3v) is 4.35. The molecule has 1 N–H and O–H groups in total. The van der Waals surface area contributed by atoms with Crippen LogP contribution in [0, 0.1) is 5.92 Å². The van der Waals surface area contributed by atoms with Crippen LogP contribution in [0.1, 0.15) is 23.4 Å². The first-order valence-corrected chi connectivity index (χ1v) is 7.62. The molecular weight excluding hydrogens is 262 g/mol. The molecule has 0 aliphatic carbocycles. The third kappa shape index (κ3) is 3.52. The van der Waals surface area contributed by atoms with E-state index in [1.165, 1.54) is 12.0 Å². The zero-order chi connectivity index (χ0) is 14.7. The van der Waals surface area contributed by atoms with E-state index in [0.717, 1.165) is 37.4 Å². The van der Waals surface area contributed by atoms with Crippen LogP contribution in [0.3, 0.4) is 0 Å².